The van der Waals surface area contributed by atoms with Gasteiger partial charge in [0.15, 0.2) is 0 Å². The molecule has 2 aromatic carbocycles. The Balaban J connectivity index is 1.81. The van der Waals surface area contributed by atoms with Crippen molar-refractivity contribution < 1.29 is 9.59 Å². The van der Waals surface area contributed by atoms with E-state index in [-0.39, 0.29) is 18.4 Å². The number of nitriles is 1. The largest absolute Gasteiger partial charge is 0.325 e. The first-order valence-corrected chi connectivity index (χ1v) is 8.87. The fourth-order valence-corrected chi connectivity index (χ4v) is 3.63. The maximum absolute atomic E-state index is 12.8. The van der Waals surface area contributed by atoms with Gasteiger partial charge in [-0.3, -0.25) is 14.5 Å². The smallest absolute Gasteiger partial charge is 0.260 e. The number of carbonyl (C=O) groups is 2. The van der Waals surface area contributed by atoms with Gasteiger partial charge in [-0.1, -0.05) is 30.0 Å². The predicted molar refractivity (Wildman–Crippen MR) is 102 cm³/mol. The van der Waals surface area contributed by atoms with Gasteiger partial charge < -0.3 is 5.32 Å². The number of nitrogens with zero attached hydrogens (tertiary/aromatic N) is 2. The Morgan fingerprint density at radius 1 is 1.23 bits per heavy atom. The van der Waals surface area contributed by atoms with E-state index in [1.807, 2.05) is 50.2 Å². The van der Waals surface area contributed by atoms with Crippen LogP contribution in [0.1, 0.15) is 21.5 Å². The molecule has 0 atom stereocenters. The Bertz CT molecular complexity index is 960. The zero-order valence-electron chi connectivity index (χ0n) is 14.4. The quantitative estimate of drug-likeness (QED) is 0.841. The maximum Gasteiger partial charge on any atom is 0.260 e. The second kappa shape index (κ2) is 7.46. The van der Waals surface area contributed by atoms with Crippen molar-refractivity contribution in [2.45, 2.75) is 18.7 Å². The zero-order valence-corrected chi connectivity index (χ0v) is 15.3. The van der Waals surface area contributed by atoms with Gasteiger partial charge in [-0.15, -0.1) is 0 Å². The van der Waals surface area contributed by atoms with Crippen LogP contribution >= 0.6 is 11.8 Å². The van der Waals surface area contributed by atoms with Crippen molar-refractivity contribution in [3.8, 4) is 6.07 Å². The van der Waals surface area contributed by atoms with Crippen LogP contribution in [0.15, 0.2) is 58.5 Å². The summed E-state index contributed by atoms with van der Waals surface area (Å²) < 4.78 is 0. The molecule has 1 aliphatic heterocycles. The Hall–Kier alpha value is -3.04. The van der Waals surface area contributed by atoms with Crippen LogP contribution in [-0.4, -0.2) is 23.3 Å². The van der Waals surface area contributed by atoms with E-state index in [9.17, 15) is 9.59 Å². The number of benzene rings is 2. The van der Waals surface area contributed by atoms with Crippen LogP contribution in [-0.2, 0) is 4.79 Å². The van der Waals surface area contributed by atoms with Crippen molar-refractivity contribution in [2.24, 2.45) is 0 Å². The molecule has 0 saturated heterocycles. The van der Waals surface area contributed by atoms with E-state index >= 15 is 0 Å². The number of thioether (sulfide) groups is 1. The van der Waals surface area contributed by atoms with E-state index in [1.165, 1.54) is 22.7 Å². The number of nitrogens with one attached hydrogen (secondary N) is 1. The van der Waals surface area contributed by atoms with Crippen molar-refractivity contribution in [3.63, 3.8) is 0 Å². The first-order chi connectivity index (χ1) is 12.5. The molecule has 1 N–H and O–H groups in total. The Morgan fingerprint density at radius 3 is 2.73 bits per heavy atom. The number of aryl methyl sites for hydroxylation is 2. The van der Waals surface area contributed by atoms with Gasteiger partial charge in [0.25, 0.3) is 5.91 Å². The molecule has 0 unspecified atom stereocenters. The van der Waals surface area contributed by atoms with Crippen LogP contribution in [0.25, 0.3) is 0 Å². The number of amides is 2. The van der Waals surface area contributed by atoms with Gasteiger partial charge in [0.1, 0.15) is 6.54 Å². The Kier molecular flexibility index (Phi) is 5.10. The Morgan fingerprint density at radius 2 is 2.00 bits per heavy atom. The third kappa shape index (κ3) is 3.63. The van der Waals surface area contributed by atoms with E-state index in [0.29, 0.717) is 16.3 Å². The van der Waals surface area contributed by atoms with Gasteiger partial charge in [-0.2, -0.15) is 5.26 Å². The molecule has 3 rings (SSSR count). The fourth-order valence-electron chi connectivity index (χ4n) is 2.62. The number of hydrogen-bond acceptors (Lipinski definition) is 4. The highest BCUT2D eigenvalue weighted by Gasteiger charge is 2.30. The maximum atomic E-state index is 12.8. The van der Waals surface area contributed by atoms with E-state index in [4.69, 9.17) is 5.26 Å². The molecule has 0 bridgehead atoms. The summed E-state index contributed by atoms with van der Waals surface area (Å²) in [6, 6.07) is 14.8. The molecule has 1 heterocycles. The number of carbonyl (C=O) groups excluding carboxylic acids is 2. The summed E-state index contributed by atoms with van der Waals surface area (Å²) in [5, 5.41) is 12.3. The first-order valence-electron chi connectivity index (χ1n) is 8.05. The summed E-state index contributed by atoms with van der Waals surface area (Å²) in [5.74, 6) is -0.596. The highest BCUT2D eigenvalue weighted by Crippen LogP contribution is 2.37. The fraction of sp³-hybridized carbons (Fsp3) is 0.150. The first kappa shape index (κ1) is 17.8. The van der Waals surface area contributed by atoms with Crippen LogP contribution in [0.5, 0.6) is 0 Å². The summed E-state index contributed by atoms with van der Waals surface area (Å²) in [5.41, 5.74) is 3.43. The van der Waals surface area contributed by atoms with Crippen molar-refractivity contribution in [1.82, 2.24) is 4.90 Å². The van der Waals surface area contributed by atoms with Gasteiger partial charge in [-0.25, -0.2) is 0 Å². The molecule has 0 saturated carbocycles. The number of anilines is 1. The van der Waals surface area contributed by atoms with E-state index in [1.54, 1.807) is 12.1 Å². The average molecular weight is 363 g/mol. The second-order valence-electron chi connectivity index (χ2n) is 5.95. The highest BCUT2D eigenvalue weighted by atomic mass is 32.2. The van der Waals surface area contributed by atoms with E-state index in [2.05, 4.69) is 5.32 Å². The molecule has 0 aromatic heterocycles. The lowest BCUT2D eigenvalue weighted by atomic mass is 10.1. The van der Waals surface area contributed by atoms with Crippen LogP contribution in [0.4, 0.5) is 5.69 Å². The molecule has 6 heteroatoms. The summed E-state index contributed by atoms with van der Waals surface area (Å²) >= 11 is 1.31. The van der Waals surface area contributed by atoms with E-state index < -0.39 is 0 Å². The molecular formula is C20H17N3O2S. The van der Waals surface area contributed by atoms with Crippen molar-refractivity contribution in [2.75, 3.05) is 11.9 Å². The highest BCUT2D eigenvalue weighted by molar-refractivity contribution is 8.03. The molecule has 0 spiro atoms. The summed E-state index contributed by atoms with van der Waals surface area (Å²) in [4.78, 5) is 27.4. The molecule has 130 valence electrons. The normalized spacial score (nSPS) is 14.7. The van der Waals surface area contributed by atoms with Crippen LogP contribution in [0, 0.1) is 25.2 Å². The third-order valence-corrected chi connectivity index (χ3v) is 5.25. The van der Waals surface area contributed by atoms with Crippen LogP contribution in [0.2, 0.25) is 0 Å². The molecule has 0 aliphatic carbocycles. The van der Waals surface area contributed by atoms with Crippen molar-refractivity contribution in [1.29, 1.82) is 5.26 Å². The molecule has 1 aliphatic rings. The number of fused-ring (bicyclic) bond motifs is 1. The minimum atomic E-state index is -0.314. The van der Waals surface area contributed by atoms with Gasteiger partial charge in [0.2, 0.25) is 5.91 Å². The Labute approximate surface area is 156 Å². The minimum absolute atomic E-state index is 0.152. The zero-order chi connectivity index (χ0) is 18.7. The second-order valence-corrected chi connectivity index (χ2v) is 7.01. The van der Waals surface area contributed by atoms with Gasteiger partial charge in [0.05, 0.1) is 16.7 Å². The lowest BCUT2D eigenvalue weighted by Gasteiger charge is -2.29. The molecule has 26 heavy (non-hydrogen) atoms. The van der Waals surface area contributed by atoms with Gasteiger partial charge >= 0.3 is 0 Å². The molecular weight excluding hydrogens is 346 g/mol. The summed E-state index contributed by atoms with van der Waals surface area (Å²) in [7, 11) is 0. The van der Waals surface area contributed by atoms with Crippen LogP contribution < -0.4 is 5.32 Å². The number of rotatable bonds is 3. The van der Waals surface area contributed by atoms with Crippen molar-refractivity contribution >= 4 is 29.3 Å². The minimum Gasteiger partial charge on any atom is -0.325 e. The van der Waals surface area contributed by atoms with Crippen molar-refractivity contribution in [3.05, 3.63) is 70.3 Å². The molecule has 2 amide bonds. The van der Waals surface area contributed by atoms with Gasteiger partial charge in [-0.05, 0) is 49.2 Å². The van der Waals surface area contributed by atoms with Gasteiger partial charge in [0, 0.05) is 16.7 Å². The summed E-state index contributed by atoms with van der Waals surface area (Å²) in [6.07, 6.45) is 1.29. The molecule has 0 radical (unpaired) electrons. The standard InChI is InChI=1S/C20H17N3O2S/c1-13-7-8-15(11-14(13)2)22-18(24)12-23-19(9-10-21)26-17-6-4-3-5-16(17)20(23)25/h3-9,11H,12H2,1-2H3,(H,22,24)/b19-9-. The monoisotopic (exact) mass is 363 g/mol. The summed E-state index contributed by atoms with van der Waals surface area (Å²) in [6.45, 7) is 3.82. The molecule has 0 fully saturated rings. The topological polar surface area (TPSA) is 73.2 Å². The average Bonchev–Trinajstić information content (AvgIpc) is 2.62. The third-order valence-electron chi connectivity index (χ3n) is 4.12. The lowest BCUT2D eigenvalue weighted by molar-refractivity contribution is -0.116. The van der Waals surface area contributed by atoms with Crippen LogP contribution in [0.3, 0.4) is 0 Å². The molecule has 2 aromatic rings. The number of allylic oxidation sites excluding steroid dienone is 1. The SMILES string of the molecule is Cc1ccc(NC(=O)CN2C(=O)c3ccccc3S/C2=C\C#N)cc1C. The van der Waals surface area contributed by atoms with E-state index in [0.717, 1.165) is 16.0 Å². The molecule has 5 nitrogen and oxygen atoms in total. The predicted octanol–water partition coefficient (Wildman–Crippen LogP) is 3.86. The lowest BCUT2D eigenvalue weighted by Crippen LogP contribution is -2.38. The number of hydrogen-bond donors (Lipinski definition) is 1.